The second-order valence-corrected chi connectivity index (χ2v) is 5.40. The van der Waals surface area contributed by atoms with Gasteiger partial charge in [0.15, 0.2) is 0 Å². The molecule has 0 heterocycles. The number of rotatable bonds is 12. The minimum atomic E-state index is -0.105. The van der Waals surface area contributed by atoms with Crippen LogP contribution in [0.5, 0.6) is 0 Å². The van der Waals surface area contributed by atoms with Gasteiger partial charge in [-0.05, 0) is 46.0 Å². The van der Waals surface area contributed by atoms with Gasteiger partial charge >= 0.3 is 0 Å². The first-order valence-electron chi connectivity index (χ1n) is 7.24. The van der Waals surface area contributed by atoms with E-state index in [0.717, 1.165) is 32.5 Å². The standard InChI is InChI=1S/C14H29NO3/c1-3-17-10-11-18-9-5-4-8-14(2,12-16)15-13-6-7-13/h13,15-16H,3-12H2,1-2H3. The highest BCUT2D eigenvalue weighted by atomic mass is 16.5. The first kappa shape index (κ1) is 15.9. The minimum Gasteiger partial charge on any atom is -0.394 e. The Balaban J connectivity index is 1.94. The Labute approximate surface area is 111 Å². The molecule has 1 atom stereocenters. The Morgan fingerprint density at radius 1 is 1.17 bits per heavy atom. The average Bonchev–Trinajstić information content (AvgIpc) is 3.16. The van der Waals surface area contributed by atoms with E-state index in [-0.39, 0.29) is 12.1 Å². The molecule has 1 unspecified atom stereocenters. The normalized spacial score (nSPS) is 18.8. The molecular formula is C14H29NO3. The molecule has 1 aliphatic rings. The summed E-state index contributed by atoms with van der Waals surface area (Å²) < 4.78 is 10.7. The van der Waals surface area contributed by atoms with Crippen molar-refractivity contribution in [1.29, 1.82) is 0 Å². The van der Waals surface area contributed by atoms with Gasteiger partial charge in [0.05, 0.1) is 19.8 Å². The van der Waals surface area contributed by atoms with Crippen LogP contribution in [-0.2, 0) is 9.47 Å². The van der Waals surface area contributed by atoms with Gasteiger partial charge in [0.25, 0.3) is 0 Å². The Hall–Kier alpha value is -0.160. The zero-order valence-corrected chi connectivity index (χ0v) is 11.9. The lowest BCUT2D eigenvalue weighted by atomic mass is 9.95. The van der Waals surface area contributed by atoms with E-state index in [1.54, 1.807) is 0 Å². The fourth-order valence-electron chi connectivity index (χ4n) is 2.00. The van der Waals surface area contributed by atoms with E-state index in [1.165, 1.54) is 12.8 Å². The number of aliphatic hydroxyl groups is 1. The number of hydrogen-bond acceptors (Lipinski definition) is 4. The van der Waals surface area contributed by atoms with Crippen LogP contribution in [0, 0.1) is 0 Å². The van der Waals surface area contributed by atoms with E-state index >= 15 is 0 Å². The molecule has 4 nitrogen and oxygen atoms in total. The van der Waals surface area contributed by atoms with Crippen LogP contribution < -0.4 is 5.32 Å². The average molecular weight is 259 g/mol. The molecule has 108 valence electrons. The van der Waals surface area contributed by atoms with Gasteiger partial charge in [0.1, 0.15) is 0 Å². The second kappa shape index (κ2) is 8.86. The van der Waals surface area contributed by atoms with Crippen molar-refractivity contribution in [1.82, 2.24) is 5.32 Å². The van der Waals surface area contributed by atoms with Crippen molar-refractivity contribution >= 4 is 0 Å². The van der Waals surface area contributed by atoms with Crippen molar-refractivity contribution in [3.8, 4) is 0 Å². The third-order valence-electron chi connectivity index (χ3n) is 3.32. The summed E-state index contributed by atoms with van der Waals surface area (Å²) >= 11 is 0. The van der Waals surface area contributed by atoms with Crippen LogP contribution in [0.25, 0.3) is 0 Å². The van der Waals surface area contributed by atoms with Crippen LogP contribution in [0.1, 0.15) is 46.0 Å². The lowest BCUT2D eigenvalue weighted by Gasteiger charge is -2.29. The quantitative estimate of drug-likeness (QED) is 0.524. The highest BCUT2D eigenvalue weighted by Crippen LogP contribution is 2.24. The van der Waals surface area contributed by atoms with Gasteiger partial charge in [0.2, 0.25) is 0 Å². The molecule has 0 aromatic rings. The van der Waals surface area contributed by atoms with Crippen LogP contribution in [0.15, 0.2) is 0 Å². The molecule has 0 aromatic heterocycles. The van der Waals surface area contributed by atoms with Gasteiger partial charge in [0, 0.05) is 24.8 Å². The van der Waals surface area contributed by atoms with Crippen molar-refractivity contribution in [2.45, 2.75) is 57.5 Å². The van der Waals surface area contributed by atoms with E-state index < -0.39 is 0 Å². The zero-order chi connectivity index (χ0) is 13.3. The van der Waals surface area contributed by atoms with Gasteiger partial charge in [-0.3, -0.25) is 0 Å². The molecule has 2 N–H and O–H groups in total. The van der Waals surface area contributed by atoms with Crippen LogP contribution in [0.3, 0.4) is 0 Å². The Morgan fingerprint density at radius 2 is 1.89 bits per heavy atom. The molecule has 0 saturated heterocycles. The van der Waals surface area contributed by atoms with Crippen LogP contribution >= 0.6 is 0 Å². The molecule has 0 aromatic carbocycles. The summed E-state index contributed by atoms with van der Waals surface area (Å²) in [6.45, 7) is 7.24. The largest absolute Gasteiger partial charge is 0.394 e. The molecule has 0 bridgehead atoms. The lowest BCUT2D eigenvalue weighted by molar-refractivity contribution is 0.0501. The number of ether oxygens (including phenoxy) is 2. The fourth-order valence-corrected chi connectivity index (χ4v) is 2.00. The second-order valence-electron chi connectivity index (χ2n) is 5.40. The van der Waals surface area contributed by atoms with Crippen molar-refractivity contribution in [3.05, 3.63) is 0 Å². The van der Waals surface area contributed by atoms with Crippen LogP contribution in [-0.4, -0.2) is 49.7 Å². The first-order chi connectivity index (χ1) is 8.70. The molecule has 4 heteroatoms. The first-order valence-corrected chi connectivity index (χ1v) is 7.24. The predicted molar refractivity (Wildman–Crippen MR) is 72.8 cm³/mol. The highest BCUT2D eigenvalue weighted by molar-refractivity contribution is 4.92. The third kappa shape index (κ3) is 7.31. The molecule has 18 heavy (non-hydrogen) atoms. The van der Waals surface area contributed by atoms with Crippen molar-refractivity contribution < 1.29 is 14.6 Å². The molecule has 0 amide bonds. The monoisotopic (exact) mass is 259 g/mol. The summed E-state index contributed by atoms with van der Waals surface area (Å²) in [6.07, 6.45) is 5.67. The minimum absolute atomic E-state index is 0.105. The maximum Gasteiger partial charge on any atom is 0.0700 e. The van der Waals surface area contributed by atoms with E-state index in [1.807, 2.05) is 6.92 Å². The van der Waals surface area contributed by atoms with E-state index in [2.05, 4.69) is 12.2 Å². The van der Waals surface area contributed by atoms with Crippen molar-refractivity contribution in [2.24, 2.45) is 0 Å². The summed E-state index contributed by atoms with van der Waals surface area (Å²) in [5.74, 6) is 0. The molecule has 1 fully saturated rings. The number of aliphatic hydroxyl groups excluding tert-OH is 1. The number of nitrogens with one attached hydrogen (secondary N) is 1. The van der Waals surface area contributed by atoms with E-state index in [0.29, 0.717) is 19.3 Å². The molecule has 1 aliphatic carbocycles. The highest BCUT2D eigenvalue weighted by Gasteiger charge is 2.31. The molecule has 1 saturated carbocycles. The zero-order valence-electron chi connectivity index (χ0n) is 11.9. The lowest BCUT2D eigenvalue weighted by Crippen LogP contribution is -2.46. The third-order valence-corrected chi connectivity index (χ3v) is 3.32. The smallest absolute Gasteiger partial charge is 0.0700 e. The fraction of sp³-hybridized carbons (Fsp3) is 1.00. The van der Waals surface area contributed by atoms with Gasteiger partial charge < -0.3 is 19.9 Å². The maximum atomic E-state index is 9.45. The summed E-state index contributed by atoms with van der Waals surface area (Å²) in [4.78, 5) is 0. The van der Waals surface area contributed by atoms with Gasteiger partial charge in [-0.15, -0.1) is 0 Å². The molecule has 0 radical (unpaired) electrons. The number of unbranched alkanes of at least 4 members (excludes halogenated alkanes) is 1. The Bertz CT molecular complexity index is 209. The van der Waals surface area contributed by atoms with Crippen LogP contribution in [0.2, 0.25) is 0 Å². The predicted octanol–water partition coefficient (Wildman–Crippen LogP) is 1.71. The summed E-state index contributed by atoms with van der Waals surface area (Å²) in [5.41, 5.74) is -0.105. The molecular weight excluding hydrogens is 230 g/mol. The topological polar surface area (TPSA) is 50.7 Å². The van der Waals surface area contributed by atoms with E-state index in [9.17, 15) is 5.11 Å². The maximum absolute atomic E-state index is 9.45. The van der Waals surface area contributed by atoms with E-state index in [4.69, 9.17) is 9.47 Å². The number of hydrogen-bond donors (Lipinski definition) is 2. The van der Waals surface area contributed by atoms with Crippen molar-refractivity contribution in [2.75, 3.05) is 33.0 Å². The molecule has 0 aliphatic heterocycles. The molecule has 0 spiro atoms. The van der Waals surface area contributed by atoms with Gasteiger partial charge in [-0.1, -0.05) is 0 Å². The van der Waals surface area contributed by atoms with Crippen LogP contribution in [0.4, 0.5) is 0 Å². The molecule has 1 rings (SSSR count). The Morgan fingerprint density at radius 3 is 2.50 bits per heavy atom. The summed E-state index contributed by atoms with van der Waals surface area (Å²) in [5, 5.41) is 13.0. The van der Waals surface area contributed by atoms with Crippen molar-refractivity contribution in [3.63, 3.8) is 0 Å². The summed E-state index contributed by atoms with van der Waals surface area (Å²) in [6, 6.07) is 0.643. The van der Waals surface area contributed by atoms with Gasteiger partial charge in [-0.25, -0.2) is 0 Å². The Kier molecular flexibility index (Phi) is 7.82. The van der Waals surface area contributed by atoms with Gasteiger partial charge in [-0.2, -0.15) is 0 Å². The SMILES string of the molecule is CCOCCOCCCCC(C)(CO)NC1CC1. The summed E-state index contributed by atoms with van der Waals surface area (Å²) in [7, 11) is 0.